The number of likely N-dealkylation sites (N-methyl/N-ethyl adjacent to an activating group) is 1. The number of alkyl halides is 3. The predicted octanol–water partition coefficient (Wildman–Crippen LogP) is 0.691. The molecule has 0 saturated carbocycles. The number of rotatable bonds is 2. The molecule has 1 unspecified atom stereocenters. The summed E-state index contributed by atoms with van der Waals surface area (Å²) in [6, 6.07) is 0. The summed E-state index contributed by atoms with van der Waals surface area (Å²) >= 11 is 0. The Labute approximate surface area is 85.4 Å². The van der Waals surface area contributed by atoms with Gasteiger partial charge in [-0.1, -0.05) is 6.92 Å². The molecule has 0 aromatic rings. The van der Waals surface area contributed by atoms with Gasteiger partial charge >= 0.3 is 18.0 Å². The average molecular weight is 226 g/mol. The van der Waals surface area contributed by atoms with Gasteiger partial charge in [0.1, 0.15) is 0 Å². The van der Waals surface area contributed by atoms with Gasteiger partial charge in [0, 0.05) is 26.6 Å². The fraction of sp³-hybridized carbons (Fsp3) is 0.875. The van der Waals surface area contributed by atoms with E-state index in [1.54, 1.807) is 6.92 Å². The fourth-order valence-corrected chi connectivity index (χ4v) is 1.66. The van der Waals surface area contributed by atoms with Crippen LogP contribution in [0.5, 0.6) is 0 Å². The number of ether oxygens (including phenoxy) is 1. The molecule has 0 aromatic heterocycles. The largest absolute Gasteiger partial charge is 0.459 e. The van der Waals surface area contributed by atoms with Crippen LogP contribution in [0, 0.1) is 0 Å². The molecular formula is C8H13F3N2O2. The van der Waals surface area contributed by atoms with E-state index in [0.29, 0.717) is 0 Å². The minimum absolute atomic E-state index is 0.140. The topological polar surface area (TPSA) is 41.6 Å². The number of nitrogens with zero attached hydrogens (tertiary/aromatic N) is 1. The van der Waals surface area contributed by atoms with Crippen molar-refractivity contribution in [1.82, 2.24) is 10.2 Å². The molecule has 1 rings (SSSR count). The Morgan fingerprint density at radius 2 is 2.20 bits per heavy atom. The second-order valence-electron chi connectivity index (χ2n) is 3.24. The van der Waals surface area contributed by atoms with E-state index in [9.17, 15) is 18.0 Å². The number of nitrogens with one attached hydrogen (secondary N) is 1. The van der Waals surface area contributed by atoms with Crippen molar-refractivity contribution in [2.75, 3.05) is 19.6 Å². The van der Waals surface area contributed by atoms with Crippen LogP contribution in [0.4, 0.5) is 13.2 Å². The molecule has 0 aliphatic carbocycles. The van der Waals surface area contributed by atoms with E-state index in [-0.39, 0.29) is 19.6 Å². The molecular weight excluding hydrogens is 213 g/mol. The van der Waals surface area contributed by atoms with E-state index >= 15 is 0 Å². The van der Waals surface area contributed by atoms with Crippen molar-refractivity contribution in [3.8, 4) is 0 Å². The lowest BCUT2D eigenvalue weighted by Crippen LogP contribution is -2.64. The van der Waals surface area contributed by atoms with Crippen molar-refractivity contribution in [2.24, 2.45) is 0 Å². The summed E-state index contributed by atoms with van der Waals surface area (Å²) in [5.41, 5.74) is 0. The van der Waals surface area contributed by atoms with E-state index in [0.717, 1.165) is 11.8 Å². The second-order valence-corrected chi connectivity index (χ2v) is 3.24. The van der Waals surface area contributed by atoms with Crippen molar-refractivity contribution in [3.63, 3.8) is 0 Å². The lowest BCUT2D eigenvalue weighted by Gasteiger charge is -2.37. The van der Waals surface area contributed by atoms with E-state index in [1.165, 1.54) is 0 Å². The summed E-state index contributed by atoms with van der Waals surface area (Å²) in [5, 5.41) is 2.20. The molecule has 4 nitrogen and oxygen atoms in total. The highest BCUT2D eigenvalue weighted by molar-refractivity contribution is 5.66. The second kappa shape index (κ2) is 3.97. The van der Waals surface area contributed by atoms with Gasteiger partial charge in [-0.15, -0.1) is 0 Å². The Balaban J connectivity index is 3.00. The molecule has 0 bridgehead atoms. The first-order valence-electron chi connectivity index (χ1n) is 4.60. The van der Waals surface area contributed by atoms with Gasteiger partial charge in [-0.2, -0.15) is 13.2 Å². The number of hydrogen-bond donors (Lipinski definition) is 1. The summed E-state index contributed by atoms with van der Waals surface area (Å²) in [7, 11) is 0. The van der Waals surface area contributed by atoms with Crippen LogP contribution in [0.15, 0.2) is 0 Å². The zero-order valence-electron chi connectivity index (χ0n) is 8.52. The normalized spacial score (nSPS) is 28.1. The van der Waals surface area contributed by atoms with Gasteiger partial charge in [-0.3, -0.25) is 10.1 Å². The molecule has 1 fully saturated rings. The van der Waals surface area contributed by atoms with Crippen LogP contribution >= 0.6 is 0 Å². The van der Waals surface area contributed by atoms with Crippen LogP contribution in [0.25, 0.3) is 0 Å². The lowest BCUT2D eigenvalue weighted by atomic mass is 10.3. The molecule has 1 atom stereocenters. The highest BCUT2D eigenvalue weighted by atomic mass is 19.4. The van der Waals surface area contributed by atoms with Crippen molar-refractivity contribution in [2.45, 2.75) is 25.9 Å². The third-order valence-corrected chi connectivity index (χ3v) is 2.25. The molecule has 15 heavy (non-hydrogen) atoms. The van der Waals surface area contributed by atoms with Crippen molar-refractivity contribution in [3.05, 3.63) is 0 Å². The number of carbonyl (C=O) groups excluding carboxylic acids is 1. The Morgan fingerprint density at radius 1 is 1.60 bits per heavy atom. The Bertz CT molecular complexity index is 257. The van der Waals surface area contributed by atoms with Gasteiger partial charge < -0.3 is 4.74 Å². The van der Waals surface area contributed by atoms with Crippen LogP contribution in [0.1, 0.15) is 13.8 Å². The van der Waals surface area contributed by atoms with E-state index in [1.807, 2.05) is 0 Å². The molecule has 0 amide bonds. The van der Waals surface area contributed by atoms with Crippen molar-refractivity contribution >= 4 is 5.97 Å². The average Bonchev–Trinajstić information content (AvgIpc) is 2.46. The van der Waals surface area contributed by atoms with E-state index in [2.05, 4.69) is 10.1 Å². The highest BCUT2D eigenvalue weighted by Crippen LogP contribution is 2.36. The summed E-state index contributed by atoms with van der Waals surface area (Å²) in [6.07, 6.45) is -4.65. The van der Waals surface area contributed by atoms with Gasteiger partial charge in [-0.25, -0.2) is 4.90 Å². The minimum Gasteiger partial charge on any atom is -0.420 e. The van der Waals surface area contributed by atoms with Crippen molar-refractivity contribution in [1.29, 1.82) is 0 Å². The molecule has 0 spiro atoms. The fourth-order valence-electron chi connectivity index (χ4n) is 1.66. The maximum atomic E-state index is 12.8. The molecule has 1 heterocycles. The summed E-state index contributed by atoms with van der Waals surface area (Å²) in [5.74, 6) is -3.60. The number of halogens is 3. The van der Waals surface area contributed by atoms with Gasteiger partial charge in [-0.05, 0) is 0 Å². The van der Waals surface area contributed by atoms with Gasteiger partial charge in [0.2, 0.25) is 0 Å². The predicted molar refractivity (Wildman–Crippen MR) is 45.8 cm³/mol. The standard InChI is InChI=1S/C8H13F3N2O2/c1-3-13-5-4-12-8(13,7(9,10)11)15-6(2)14/h12H,3-5H2,1-2H3. The summed E-state index contributed by atoms with van der Waals surface area (Å²) in [4.78, 5) is 11.8. The third kappa shape index (κ3) is 2.07. The maximum Gasteiger partial charge on any atom is 0.459 e. The van der Waals surface area contributed by atoms with Crippen LogP contribution in [0.2, 0.25) is 0 Å². The lowest BCUT2D eigenvalue weighted by molar-refractivity contribution is -0.319. The van der Waals surface area contributed by atoms with Crippen LogP contribution in [-0.2, 0) is 9.53 Å². The summed E-state index contributed by atoms with van der Waals surface area (Å²) in [6.45, 7) is 3.03. The number of hydrogen-bond acceptors (Lipinski definition) is 4. The Hall–Kier alpha value is -0.820. The SMILES string of the molecule is CCN1CCNC1(OC(C)=O)C(F)(F)F. The Kier molecular flexibility index (Phi) is 3.25. The van der Waals surface area contributed by atoms with Gasteiger partial charge in [0.05, 0.1) is 0 Å². The molecule has 1 N–H and O–H groups in total. The molecule has 0 aromatic carbocycles. The van der Waals surface area contributed by atoms with Crippen LogP contribution < -0.4 is 5.32 Å². The number of carbonyl (C=O) groups is 1. The zero-order chi connectivity index (χ0) is 11.7. The highest BCUT2D eigenvalue weighted by Gasteiger charge is 2.64. The molecule has 7 heteroatoms. The van der Waals surface area contributed by atoms with E-state index in [4.69, 9.17) is 0 Å². The van der Waals surface area contributed by atoms with Crippen LogP contribution in [0.3, 0.4) is 0 Å². The molecule has 1 aliphatic rings. The first-order valence-corrected chi connectivity index (χ1v) is 4.60. The third-order valence-electron chi connectivity index (χ3n) is 2.25. The van der Waals surface area contributed by atoms with Crippen LogP contribution in [-0.4, -0.2) is 42.5 Å². The first kappa shape index (κ1) is 12.3. The zero-order valence-corrected chi connectivity index (χ0v) is 8.52. The molecule has 0 radical (unpaired) electrons. The molecule has 1 saturated heterocycles. The first-order chi connectivity index (χ1) is 6.83. The Morgan fingerprint density at radius 3 is 2.60 bits per heavy atom. The number of esters is 1. The van der Waals surface area contributed by atoms with E-state index < -0.39 is 18.0 Å². The summed E-state index contributed by atoms with van der Waals surface area (Å²) < 4.78 is 42.9. The molecule has 88 valence electrons. The van der Waals surface area contributed by atoms with Gasteiger partial charge in [0.25, 0.3) is 0 Å². The smallest absolute Gasteiger partial charge is 0.420 e. The minimum atomic E-state index is -4.65. The quantitative estimate of drug-likeness (QED) is 0.703. The van der Waals surface area contributed by atoms with Crippen molar-refractivity contribution < 1.29 is 22.7 Å². The maximum absolute atomic E-state index is 12.8. The molecule has 1 aliphatic heterocycles. The van der Waals surface area contributed by atoms with Gasteiger partial charge in [0.15, 0.2) is 0 Å². The monoisotopic (exact) mass is 226 g/mol.